The van der Waals surface area contributed by atoms with Crippen LogP contribution in [-0.4, -0.2) is 19.2 Å². The predicted octanol–water partition coefficient (Wildman–Crippen LogP) is 3.28. The van der Waals surface area contributed by atoms with Crippen LogP contribution in [0.3, 0.4) is 0 Å². The van der Waals surface area contributed by atoms with Crippen molar-refractivity contribution < 1.29 is 9.59 Å². The molecular formula is C23H32N4O2. The Morgan fingerprint density at radius 2 is 1.38 bits per heavy atom. The molecule has 0 spiro atoms. The van der Waals surface area contributed by atoms with Crippen LogP contribution < -0.4 is 22.1 Å². The highest BCUT2D eigenvalue weighted by molar-refractivity contribution is 5.92. The van der Waals surface area contributed by atoms with E-state index in [0.29, 0.717) is 13.1 Å². The summed E-state index contributed by atoms with van der Waals surface area (Å²) >= 11 is 0. The van der Waals surface area contributed by atoms with Gasteiger partial charge in [0.1, 0.15) is 6.29 Å². The standard InChI is InChI=1S/C15H20N2O2.C8H12N2/c16-9-11-3-7-14(8-4-11)17-15(19)13-5-1-12(10-18)2-6-13;1-10-8-4-2-7(6-9)3-5-8/h3-4,7-8,10,12-13H,1-2,5-6,9,16H2,(H,17,19);2-5,10H,6,9H2,1H3. The van der Waals surface area contributed by atoms with Gasteiger partial charge in [-0.1, -0.05) is 24.3 Å². The van der Waals surface area contributed by atoms with Crippen LogP contribution in [0.2, 0.25) is 0 Å². The van der Waals surface area contributed by atoms with Crippen molar-refractivity contribution in [3.05, 3.63) is 59.7 Å². The highest BCUT2D eigenvalue weighted by Crippen LogP contribution is 2.28. The number of amides is 1. The highest BCUT2D eigenvalue weighted by atomic mass is 16.1. The fourth-order valence-corrected chi connectivity index (χ4v) is 3.29. The van der Waals surface area contributed by atoms with Gasteiger partial charge in [0.15, 0.2) is 0 Å². The summed E-state index contributed by atoms with van der Waals surface area (Å²) in [5.41, 5.74) is 15.1. The number of carbonyl (C=O) groups excluding carboxylic acids is 2. The van der Waals surface area contributed by atoms with Crippen LogP contribution in [-0.2, 0) is 22.7 Å². The number of benzene rings is 2. The highest BCUT2D eigenvalue weighted by Gasteiger charge is 2.25. The van der Waals surface area contributed by atoms with Gasteiger partial charge < -0.3 is 26.9 Å². The van der Waals surface area contributed by atoms with Crippen molar-refractivity contribution in [2.45, 2.75) is 38.8 Å². The Morgan fingerprint density at radius 1 is 0.897 bits per heavy atom. The largest absolute Gasteiger partial charge is 0.388 e. The molecule has 0 unspecified atom stereocenters. The van der Waals surface area contributed by atoms with Crippen LogP contribution in [0, 0.1) is 11.8 Å². The van der Waals surface area contributed by atoms with Crippen LogP contribution in [0.15, 0.2) is 48.5 Å². The van der Waals surface area contributed by atoms with Crippen LogP contribution in [0.1, 0.15) is 36.8 Å². The fraction of sp³-hybridized carbons (Fsp3) is 0.391. The van der Waals surface area contributed by atoms with E-state index in [1.165, 1.54) is 5.56 Å². The van der Waals surface area contributed by atoms with Crippen molar-refractivity contribution in [2.75, 3.05) is 17.7 Å². The molecule has 6 N–H and O–H groups in total. The summed E-state index contributed by atoms with van der Waals surface area (Å²) in [7, 11) is 1.90. The molecular weight excluding hydrogens is 364 g/mol. The van der Waals surface area contributed by atoms with E-state index in [1.807, 2.05) is 55.6 Å². The molecule has 0 bridgehead atoms. The zero-order valence-electron chi connectivity index (χ0n) is 17.1. The van der Waals surface area contributed by atoms with E-state index in [1.54, 1.807) is 0 Å². The minimum Gasteiger partial charge on any atom is -0.388 e. The second-order valence-electron chi connectivity index (χ2n) is 7.29. The van der Waals surface area contributed by atoms with Gasteiger partial charge in [-0.2, -0.15) is 0 Å². The maximum Gasteiger partial charge on any atom is 0.227 e. The monoisotopic (exact) mass is 396 g/mol. The topological polar surface area (TPSA) is 110 Å². The van der Waals surface area contributed by atoms with E-state index >= 15 is 0 Å². The minimum absolute atomic E-state index is 0.0328. The van der Waals surface area contributed by atoms with E-state index in [-0.39, 0.29) is 17.7 Å². The molecule has 0 radical (unpaired) electrons. The molecule has 1 aliphatic carbocycles. The maximum absolute atomic E-state index is 12.1. The predicted molar refractivity (Wildman–Crippen MR) is 118 cm³/mol. The van der Waals surface area contributed by atoms with E-state index in [2.05, 4.69) is 10.6 Å². The first-order chi connectivity index (χ1) is 14.1. The van der Waals surface area contributed by atoms with Crippen molar-refractivity contribution in [3.63, 3.8) is 0 Å². The summed E-state index contributed by atoms with van der Waals surface area (Å²) in [5.74, 6) is 0.239. The molecule has 0 heterocycles. The molecule has 156 valence electrons. The van der Waals surface area contributed by atoms with Gasteiger partial charge in [-0.3, -0.25) is 4.79 Å². The summed E-state index contributed by atoms with van der Waals surface area (Å²) in [4.78, 5) is 22.8. The van der Waals surface area contributed by atoms with E-state index in [4.69, 9.17) is 11.5 Å². The van der Waals surface area contributed by atoms with Crippen molar-refractivity contribution in [1.82, 2.24) is 0 Å². The van der Waals surface area contributed by atoms with Gasteiger partial charge in [-0.25, -0.2) is 0 Å². The molecule has 0 aromatic heterocycles. The molecule has 6 nitrogen and oxygen atoms in total. The molecule has 2 aromatic carbocycles. The van der Waals surface area contributed by atoms with Crippen molar-refractivity contribution in [3.8, 4) is 0 Å². The van der Waals surface area contributed by atoms with Gasteiger partial charge >= 0.3 is 0 Å². The van der Waals surface area contributed by atoms with Crippen LogP contribution >= 0.6 is 0 Å². The number of aldehydes is 1. The molecule has 1 fully saturated rings. The Labute approximate surface area is 173 Å². The second-order valence-corrected chi connectivity index (χ2v) is 7.29. The summed E-state index contributed by atoms with van der Waals surface area (Å²) in [5, 5.41) is 5.97. The molecule has 0 saturated heterocycles. The lowest BCUT2D eigenvalue weighted by atomic mass is 9.82. The summed E-state index contributed by atoms with van der Waals surface area (Å²) in [6.45, 7) is 1.12. The zero-order chi connectivity index (χ0) is 21.1. The molecule has 1 saturated carbocycles. The average Bonchev–Trinajstić information content (AvgIpc) is 2.80. The first-order valence-corrected chi connectivity index (χ1v) is 10.1. The van der Waals surface area contributed by atoms with Gasteiger partial charge in [0.05, 0.1) is 0 Å². The Kier molecular flexibility index (Phi) is 9.34. The lowest BCUT2D eigenvalue weighted by Crippen LogP contribution is -2.27. The summed E-state index contributed by atoms with van der Waals surface area (Å²) in [6, 6.07) is 15.6. The molecule has 6 heteroatoms. The first-order valence-electron chi connectivity index (χ1n) is 10.1. The van der Waals surface area contributed by atoms with Gasteiger partial charge in [-0.15, -0.1) is 0 Å². The third-order valence-corrected chi connectivity index (χ3v) is 5.27. The van der Waals surface area contributed by atoms with Crippen LogP contribution in [0.4, 0.5) is 11.4 Å². The molecule has 0 aliphatic heterocycles. The quantitative estimate of drug-likeness (QED) is 0.560. The average molecular weight is 397 g/mol. The lowest BCUT2D eigenvalue weighted by molar-refractivity contribution is -0.122. The Hall–Kier alpha value is -2.70. The third kappa shape index (κ3) is 7.33. The minimum atomic E-state index is 0.0328. The molecule has 1 aliphatic rings. The Morgan fingerprint density at radius 3 is 1.79 bits per heavy atom. The number of hydrogen-bond acceptors (Lipinski definition) is 5. The van der Waals surface area contributed by atoms with Gasteiger partial charge in [0.25, 0.3) is 0 Å². The molecule has 3 rings (SSSR count). The number of hydrogen-bond donors (Lipinski definition) is 4. The lowest BCUT2D eigenvalue weighted by Gasteiger charge is -2.24. The summed E-state index contributed by atoms with van der Waals surface area (Å²) in [6.07, 6.45) is 4.27. The SMILES string of the molecule is CNc1ccc(CN)cc1.NCc1ccc(NC(=O)C2CCC(C=O)CC2)cc1. The number of anilines is 2. The van der Waals surface area contributed by atoms with Crippen LogP contribution in [0.25, 0.3) is 0 Å². The normalized spacial score (nSPS) is 18.2. The Balaban J connectivity index is 0.000000253. The van der Waals surface area contributed by atoms with Crippen molar-refractivity contribution in [2.24, 2.45) is 23.3 Å². The number of rotatable bonds is 6. The maximum atomic E-state index is 12.1. The van der Waals surface area contributed by atoms with E-state index < -0.39 is 0 Å². The number of nitrogens with two attached hydrogens (primary N) is 2. The summed E-state index contributed by atoms with van der Waals surface area (Å²) < 4.78 is 0. The number of carbonyl (C=O) groups is 2. The molecule has 1 amide bonds. The van der Waals surface area contributed by atoms with Crippen molar-refractivity contribution in [1.29, 1.82) is 0 Å². The molecule has 0 atom stereocenters. The second kappa shape index (κ2) is 12.0. The third-order valence-electron chi connectivity index (χ3n) is 5.27. The van der Waals surface area contributed by atoms with Crippen molar-refractivity contribution >= 4 is 23.6 Å². The van der Waals surface area contributed by atoms with Gasteiger partial charge in [-0.05, 0) is 61.1 Å². The van der Waals surface area contributed by atoms with E-state index in [9.17, 15) is 9.59 Å². The smallest absolute Gasteiger partial charge is 0.227 e. The first kappa shape index (κ1) is 22.6. The van der Waals surface area contributed by atoms with E-state index in [0.717, 1.165) is 48.9 Å². The molecule has 2 aromatic rings. The Bertz CT molecular complexity index is 728. The fourth-order valence-electron chi connectivity index (χ4n) is 3.29. The molecule has 29 heavy (non-hydrogen) atoms. The van der Waals surface area contributed by atoms with Gasteiger partial charge in [0, 0.05) is 43.3 Å². The van der Waals surface area contributed by atoms with Crippen LogP contribution in [0.5, 0.6) is 0 Å². The number of nitrogens with one attached hydrogen (secondary N) is 2. The van der Waals surface area contributed by atoms with Gasteiger partial charge in [0.2, 0.25) is 5.91 Å². The zero-order valence-corrected chi connectivity index (χ0v) is 17.1.